The van der Waals surface area contributed by atoms with Gasteiger partial charge in [0.2, 0.25) is 0 Å². The minimum Gasteiger partial charge on any atom is -0.305 e. The predicted octanol–water partition coefficient (Wildman–Crippen LogP) is 16.5. The first-order valence-electron chi connectivity index (χ1n) is 27.3. The second kappa shape index (κ2) is 18.1. The van der Waals surface area contributed by atoms with Gasteiger partial charge in [0, 0.05) is 97.0 Å². The van der Waals surface area contributed by atoms with Gasteiger partial charge in [0.05, 0.1) is 109 Å². The van der Waals surface area contributed by atoms with Crippen LogP contribution in [0.4, 0.5) is 0 Å². The first-order valence-corrected chi connectivity index (χ1v) is 27.3. The van der Waals surface area contributed by atoms with Crippen molar-refractivity contribution in [1.82, 2.24) is 53.2 Å². The Kier molecular flexibility index (Phi) is 10.0. The third kappa shape index (κ3) is 6.67. The molecule has 0 atom stereocenters. The Morgan fingerprint density at radius 1 is 0.232 bits per heavy atom. The van der Waals surface area contributed by atoms with Crippen LogP contribution in [-0.4, -0.2) is 53.2 Å². The highest BCUT2D eigenvalue weighted by Crippen LogP contribution is 2.54. The van der Waals surface area contributed by atoms with E-state index < -0.39 is 0 Å². The van der Waals surface area contributed by atoms with E-state index in [1.54, 1.807) is 0 Å². The number of pyridine rings is 5. The van der Waals surface area contributed by atoms with E-state index in [9.17, 15) is 0 Å². The van der Waals surface area contributed by atoms with Gasteiger partial charge in [-0.05, 0) is 72.3 Å². The minimum atomic E-state index is 0.497. The lowest BCUT2D eigenvalue weighted by molar-refractivity contribution is 1.03. The average Bonchev–Trinajstić information content (AvgIpc) is 2.28. The van der Waals surface area contributed by atoms with Crippen LogP contribution in [-0.2, 0) is 0 Å². The van der Waals surface area contributed by atoms with E-state index in [0.29, 0.717) is 5.82 Å². The number of para-hydroxylation sites is 4. The molecule has 0 unspecified atom stereocenters. The Morgan fingerprint density at radius 2 is 0.524 bits per heavy atom. The van der Waals surface area contributed by atoms with Crippen LogP contribution < -0.4 is 0 Å². The van der Waals surface area contributed by atoms with Crippen molar-refractivity contribution in [3.05, 3.63) is 262 Å². The topological polar surface area (TPSA) is 110 Å². The highest BCUT2D eigenvalue weighted by molar-refractivity contribution is 6.18. The van der Waals surface area contributed by atoms with Crippen molar-refractivity contribution in [2.24, 2.45) is 0 Å². The summed E-state index contributed by atoms with van der Waals surface area (Å²) in [6.07, 6.45) is 19.3. The second-order valence-corrected chi connectivity index (χ2v) is 20.6. The smallest absolute Gasteiger partial charge is 0.164 e. The van der Waals surface area contributed by atoms with Crippen LogP contribution in [0.2, 0.25) is 0 Å². The summed E-state index contributed by atoms with van der Waals surface area (Å²) in [6.45, 7) is 0. The summed E-state index contributed by atoms with van der Waals surface area (Å²) in [7, 11) is 0. The van der Waals surface area contributed by atoms with Gasteiger partial charge in [0.1, 0.15) is 0 Å². The summed E-state index contributed by atoms with van der Waals surface area (Å²) in [5.41, 5.74) is 16.9. The molecule has 10 aromatic heterocycles. The summed E-state index contributed by atoms with van der Waals surface area (Å²) in [5, 5.41) is 8.47. The Hall–Kier alpha value is -11.4. The molecular formula is C71H43N11. The number of aromatic nitrogens is 11. The summed E-state index contributed by atoms with van der Waals surface area (Å²) in [6, 6.07) is 70.4. The molecule has 0 radical (unpaired) electrons. The van der Waals surface area contributed by atoms with E-state index >= 15 is 0 Å². The maximum absolute atomic E-state index is 5.94. The Morgan fingerprint density at radius 3 is 0.878 bits per heavy atom. The van der Waals surface area contributed by atoms with Crippen LogP contribution in [0, 0.1) is 0 Å². The summed E-state index contributed by atoms with van der Waals surface area (Å²) in [5.74, 6) is 0.497. The largest absolute Gasteiger partial charge is 0.305 e. The number of hydrogen-bond donors (Lipinski definition) is 0. The van der Waals surface area contributed by atoms with Crippen LogP contribution in [0.1, 0.15) is 0 Å². The van der Waals surface area contributed by atoms with Crippen molar-refractivity contribution in [3.8, 4) is 67.8 Å². The van der Waals surface area contributed by atoms with Gasteiger partial charge in [0.15, 0.2) is 5.82 Å². The summed E-state index contributed by atoms with van der Waals surface area (Å²) >= 11 is 0. The number of benzene rings is 7. The van der Waals surface area contributed by atoms with E-state index in [-0.39, 0.29) is 0 Å². The van der Waals surface area contributed by atoms with Crippen molar-refractivity contribution in [3.63, 3.8) is 0 Å². The molecule has 17 aromatic rings. The Balaban J connectivity index is 1.26. The molecule has 11 nitrogen and oxygen atoms in total. The number of hydrogen-bond acceptors (Lipinski definition) is 7. The monoisotopic (exact) mass is 1050 g/mol. The van der Waals surface area contributed by atoms with Crippen LogP contribution in [0.25, 0.3) is 155 Å². The third-order valence-corrected chi connectivity index (χ3v) is 16.3. The Labute approximate surface area is 468 Å². The quantitative estimate of drug-likeness (QED) is 0.149. The molecule has 0 amide bonds. The van der Waals surface area contributed by atoms with Crippen LogP contribution in [0.5, 0.6) is 0 Å². The standard InChI is InChI=1S/C71H43N11/c1-3-15-44(16-4-1)55-39-56(45-17-5-2-6-18-45)78-71(77-55)66-69(81-59-25-13-9-21-49(59)53-31-37-75-42-63(53)81)67(79-57-23-11-7-19-47(57)51-29-35-73-40-61(51)79)65(46-27-33-72-34-28-46)68(80-58-24-12-8-20-48(58)52-30-36-74-41-62(52)80)70(66)82-60-26-14-10-22-50(60)54-32-38-76-43-64(54)82/h1-43H. The number of fused-ring (bicyclic) bond motifs is 12. The highest BCUT2D eigenvalue weighted by Gasteiger charge is 2.37. The van der Waals surface area contributed by atoms with Gasteiger partial charge in [-0.2, -0.15) is 0 Å². The lowest BCUT2D eigenvalue weighted by atomic mass is 9.92. The average molecular weight is 1050 g/mol. The molecule has 0 aliphatic heterocycles. The van der Waals surface area contributed by atoms with E-state index in [4.69, 9.17) is 34.9 Å². The molecule has 0 saturated heterocycles. The van der Waals surface area contributed by atoms with Gasteiger partial charge in [0.25, 0.3) is 0 Å². The van der Waals surface area contributed by atoms with Crippen molar-refractivity contribution >= 4 is 87.2 Å². The normalized spacial score (nSPS) is 11.9. The fraction of sp³-hybridized carbons (Fsp3) is 0. The summed E-state index contributed by atoms with van der Waals surface area (Å²) in [4.78, 5) is 36.4. The van der Waals surface area contributed by atoms with Gasteiger partial charge in [-0.25, -0.2) is 9.97 Å². The van der Waals surface area contributed by atoms with E-state index in [0.717, 1.165) is 149 Å². The molecule has 10 heterocycles. The van der Waals surface area contributed by atoms with Gasteiger partial charge in [-0.1, -0.05) is 133 Å². The second-order valence-electron chi connectivity index (χ2n) is 20.6. The van der Waals surface area contributed by atoms with Gasteiger partial charge in [-0.3, -0.25) is 24.9 Å². The molecule has 11 heteroatoms. The zero-order valence-corrected chi connectivity index (χ0v) is 43.7. The lowest BCUT2D eigenvalue weighted by Gasteiger charge is -2.30. The first-order chi connectivity index (χ1) is 40.8. The molecule has 17 rings (SSSR count). The summed E-state index contributed by atoms with van der Waals surface area (Å²) < 4.78 is 9.68. The van der Waals surface area contributed by atoms with E-state index in [2.05, 4.69) is 206 Å². The van der Waals surface area contributed by atoms with Crippen LogP contribution in [0.15, 0.2) is 262 Å². The molecule has 0 bridgehead atoms. The van der Waals surface area contributed by atoms with Crippen LogP contribution in [0.3, 0.4) is 0 Å². The maximum atomic E-state index is 5.94. The van der Waals surface area contributed by atoms with Crippen molar-refractivity contribution < 1.29 is 0 Å². The number of nitrogens with zero attached hydrogens (tertiary/aromatic N) is 11. The van der Waals surface area contributed by atoms with Gasteiger partial charge >= 0.3 is 0 Å². The van der Waals surface area contributed by atoms with Crippen molar-refractivity contribution in [1.29, 1.82) is 0 Å². The van der Waals surface area contributed by atoms with E-state index in [1.807, 2.05) is 74.1 Å². The molecule has 0 N–H and O–H groups in total. The zero-order valence-electron chi connectivity index (χ0n) is 43.7. The molecule has 82 heavy (non-hydrogen) atoms. The fourth-order valence-electron chi connectivity index (χ4n) is 12.9. The molecule has 7 aromatic carbocycles. The van der Waals surface area contributed by atoms with Crippen LogP contribution >= 0.6 is 0 Å². The predicted molar refractivity (Wildman–Crippen MR) is 330 cm³/mol. The van der Waals surface area contributed by atoms with Gasteiger partial charge in [-0.15, -0.1) is 0 Å². The molecule has 0 aliphatic carbocycles. The molecule has 0 saturated carbocycles. The molecule has 0 aliphatic rings. The molecule has 0 spiro atoms. The third-order valence-electron chi connectivity index (χ3n) is 16.3. The Bertz CT molecular complexity index is 4880. The maximum Gasteiger partial charge on any atom is 0.164 e. The fourth-order valence-corrected chi connectivity index (χ4v) is 12.9. The van der Waals surface area contributed by atoms with E-state index in [1.165, 1.54) is 0 Å². The van der Waals surface area contributed by atoms with Crippen molar-refractivity contribution in [2.75, 3.05) is 0 Å². The first kappa shape index (κ1) is 45.6. The van der Waals surface area contributed by atoms with Gasteiger partial charge < -0.3 is 18.3 Å². The number of rotatable bonds is 8. The molecule has 382 valence electrons. The molecular weight excluding hydrogens is 1010 g/mol. The SMILES string of the molecule is c1ccc(-c2cc(-c3ccccc3)nc(-c3c(-n4c5ccccc5c5ccncc54)c(-n4c5ccccc5c5ccncc54)c(-c4ccncc4)c(-n4c5ccccc5c5ccncc54)c3-n3c4ccccc4c4ccncc43)n2)cc1. The molecule has 0 fully saturated rings. The zero-order chi connectivity index (χ0) is 53.8. The van der Waals surface area contributed by atoms with Crippen molar-refractivity contribution in [2.45, 2.75) is 0 Å². The lowest BCUT2D eigenvalue weighted by Crippen LogP contribution is -2.17. The highest BCUT2D eigenvalue weighted by atomic mass is 15.1. The minimum absolute atomic E-state index is 0.497.